The molecule has 20 heavy (non-hydrogen) atoms. The van der Waals surface area contributed by atoms with E-state index in [2.05, 4.69) is 26.0 Å². The highest BCUT2D eigenvalue weighted by molar-refractivity contribution is 9.09. The Hall–Kier alpha value is -1.12. The molecule has 0 unspecified atom stereocenters. The molecule has 0 aromatic heterocycles. The molecule has 112 valence electrons. The van der Waals surface area contributed by atoms with Crippen LogP contribution in [0.5, 0.6) is 5.75 Å². The van der Waals surface area contributed by atoms with Crippen LogP contribution in [-0.4, -0.2) is 45.6 Å². The number of ether oxygens (including phenoxy) is 1. The number of carbonyl (C=O) groups excluding carboxylic acids is 1. The summed E-state index contributed by atoms with van der Waals surface area (Å²) in [5, 5.41) is 3.10. The van der Waals surface area contributed by atoms with Crippen molar-refractivity contribution < 1.29 is 17.9 Å². The zero-order valence-electron chi connectivity index (χ0n) is 11.1. The normalized spacial score (nSPS) is 11.1. The number of hydrogen-bond acceptors (Lipinski definition) is 4. The fraction of sp³-hybridized carbons (Fsp3) is 0.417. The number of hydrogen-bond donors (Lipinski definition) is 2. The second-order valence-corrected chi connectivity index (χ2v) is 6.61. The van der Waals surface area contributed by atoms with E-state index in [1.165, 1.54) is 7.11 Å². The fourth-order valence-electron chi connectivity index (χ4n) is 1.43. The monoisotopic (exact) mass is 364 g/mol. The number of nitrogens with one attached hydrogen (secondary N) is 2. The average molecular weight is 365 g/mol. The molecule has 1 amide bonds. The van der Waals surface area contributed by atoms with Crippen LogP contribution in [0.2, 0.25) is 0 Å². The van der Waals surface area contributed by atoms with Gasteiger partial charge < -0.3 is 10.1 Å². The quantitative estimate of drug-likeness (QED) is 0.666. The van der Waals surface area contributed by atoms with Crippen molar-refractivity contribution in [3.05, 3.63) is 29.8 Å². The molecule has 1 rings (SSSR count). The van der Waals surface area contributed by atoms with Crippen LogP contribution in [0.4, 0.5) is 0 Å². The summed E-state index contributed by atoms with van der Waals surface area (Å²) >= 11 is 3.13. The molecule has 1 aromatic rings. The molecule has 6 nitrogen and oxygen atoms in total. The smallest absolute Gasteiger partial charge is 0.251 e. The highest BCUT2D eigenvalue weighted by Gasteiger charge is 2.11. The predicted octanol–water partition coefficient (Wildman–Crippen LogP) is 0.739. The first-order chi connectivity index (χ1) is 9.48. The van der Waals surface area contributed by atoms with E-state index in [0.29, 0.717) is 23.2 Å². The molecule has 0 bridgehead atoms. The Labute approximate surface area is 127 Å². The Balaban J connectivity index is 2.47. The molecule has 0 spiro atoms. The van der Waals surface area contributed by atoms with Crippen LogP contribution in [0.25, 0.3) is 0 Å². The van der Waals surface area contributed by atoms with Crippen molar-refractivity contribution in [3.8, 4) is 5.75 Å². The Morgan fingerprint density at radius 1 is 1.35 bits per heavy atom. The maximum atomic E-state index is 11.8. The summed E-state index contributed by atoms with van der Waals surface area (Å²) in [6.45, 7) is 0.375. The van der Waals surface area contributed by atoms with E-state index in [-0.39, 0.29) is 18.2 Å². The van der Waals surface area contributed by atoms with Crippen molar-refractivity contribution in [1.29, 1.82) is 0 Å². The van der Waals surface area contributed by atoms with Crippen molar-refractivity contribution >= 4 is 31.9 Å². The molecule has 0 atom stereocenters. The maximum absolute atomic E-state index is 11.8. The van der Waals surface area contributed by atoms with Gasteiger partial charge in [-0.15, -0.1) is 0 Å². The molecule has 0 saturated heterocycles. The summed E-state index contributed by atoms with van der Waals surface area (Å²) in [5.74, 6) is 0.0826. The number of sulfonamides is 1. The molecule has 0 aliphatic carbocycles. The third-order valence-corrected chi connectivity index (χ3v) is 4.19. The number of carbonyl (C=O) groups is 1. The SMILES string of the molecule is COc1cccc(C(=O)NCCS(=O)(=O)NCCBr)c1. The second-order valence-electron chi connectivity index (χ2n) is 3.89. The maximum Gasteiger partial charge on any atom is 0.251 e. The van der Waals surface area contributed by atoms with Gasteiger partial charge in [0.05, 0.1) is 12.9 Å². The van der Waals surface area contributed by atoms with Gasteiger partial charge in [0.25, 0.3) is 5.91 Å². The molecule has 0 aliphatic heterocycles. The van der Waals surface area contributed by atoms with E-state index in [4.69, 9.17) is 4.74 Å². The molecular weight excluding hydrogens is 348 g/mol. The van der Waals surface area contributed by atoms with Gasteiger partial charge in [0, 0.05) is 24.0 Å². The lowest BCUT2D eigenvalue weighted by Crippen LogP contribution is -2.35. The summed E-state index contributed by atoms with van der Waals surface area (Å²) < 4.78 is 30.4. The summed E-state index contributed by atoms with van der Waals surface area (Å²) in [4.78, 5) is 11.8. The minimum Gasteiger partial charge on any atom is -0.497 e. The zero-order valence-corrected chi connectivity index (χ0v) is 13.5. The van der Waals surface area contributed by atoms with Crippen LogP contribution < -0.4 is 14.8 Å². The van der Waals surface area contributed by atoms with Crippen molar-refractivity contribution in [2.45, 2.75) is 0 Å². The van der Waals surface area contributed by atoms with E-state index >= 15 is 0 Å². The van der Waals surface area contributed by atoms with Gasteiger partial charge in [-0.2, -0.15) is 0 Å². The van der Waals surface area contributed by atoms with E-state index < -0.39 is 10.0 Å². The molecular formula is C12H17BrN2O4S. The van der Waals surface area contributed by atoms with E-state index in [0.717, 1.165) is 0 Å². The summed E-state index contributed by atoms with van der Waals surface area (Å²) in [5.41, 5.74) is 0.426. The first-order valence-corrected chi connectivity index (χ1v) is 8.71. The van der Waals surface area contributed by atoms with E-state index in [9.17, 15) is 13.2 Å². The van der Waals surface area contributed by atoms with Gasteiger partial charge in [-0.1, -0.05) is 22.0 Å². The average Bonchev–Trinajstić information content (AvgIpc) is 2.45. The number of amides is 1. The van der Waals surface area contributed by atoms with Gasteiger partial charge in [-0.3, -0.25) is 4.79 Å². The second kappa shape index (κ2) is 8.23. The first-order valence-electron chi connectivity index (χ1n) is 5.94. The topological polar surface area (TPSA) is 84.5 Å². The molecule has 0 aliphatic rings. The first kappa shape index (κ1) is 16.9. The van der Waals surface area contributed by atoms with Gasteiger partial charge in [0.2, 0.25) is 10.0 Å². The standard InChI is InChI=1S/C12H17BrN2O4S/c1-19-11-4-2-3-10(9-11)12(16)14-7-8-20(17,18)15-6-5-13/h2-4,9,15H,5-8H2,1H3,(H,14,16). The molecule has 2 N–H and O–H groups in total. The number of benzene rings is 1. The third-order valence-electron chi connectivity index (χ3n) is 2.40. The van der Waals surface area contributed by atoms with Gasteiger partial charge in [-0.25, -0.2) is 13.1 Å². The Kier molecular flexibility index (Phi) is 6.97. The Bertz CT molecular complexity index is 548. The third kappa shape index (κ3) is 5.89. The number of alkyl halides is 1. The van der Waals surface area contributed by atoms with Crippen molar-refractivity contribution in [1.82, 2.24) is 10.0 Å². The van der Waals surface area contributed by atoms with Crippen molar-refractivity contribution in [2.24, 2.45) is 0 Å². The van der Waals surface area contributed by atoms with Gasteiger partial charge in [-0.05, 0) is 18.2 Å². The minimum absolute atomic E-state index is 0.0493. The fourth-order valence-corrected chi connectivity index (χ4v) is 2.82. The lowest BCUT2D eigenvalue weighted by atomic mass is 10.2. The molecule has 0 radical (unpaired) electrons. The largest absolute Gasteiger partial charge is 0.497 e. The van der Waals surface area contributed by atoms with Crippen LogP contribution in [0.3, 0.4) is 0 Å². The van der Waals surface area contributed by atoms with Crippen LogP contribution in [-0.2, 0) is 10.0 Å². The van der Waals surface area contributed by atoms with Gasteiger partial charge in [0.15, 0.2) is 0 Å². The molecule has 0 heterocycles. The zero-order chi connectivity index (χ0) is 15.0. The summed E-state index contributed by atoms with van der Waals surface area (Å²) in [6.07, 6.45) is 0. The van der Waals surface area contributed by atoms with Crippen LogP contribution in [0, 0.1) is 0 Å². The molecule has 1 aromatic carbocycles. The number of methoxy groups -OCH3 is 1. The van der Waals surface area contributed by atoms with E-state index in [1.807, 2.05) is 0 Å². The lowest BCUT2D eigenvalue weighted by molar-refractivity contribution is 0.0956. The predicted molar refractivity (Wildman–Crippen MR) is 80.9 cm³/mol. The Morgan fingerprint density at radius 3 is 2.75 bits per heavy atom. The lowest BCUT2D eigenvalue weighted by Gasteiger charge is -2.08. The molecule has 0 saturated carbocycles. The molecule has 8 heteroatoms. The number of halogens is 1. The van der Waals surface area contributed by atoms with Gasteiger partial charge >= 0.3 is 0 Å². The van der Waals surface area contributed by atoms with Crippen LogP contribution in [0.1, 0.15) is 10.4 Å². The summed E-state index contributed by atoms with van der Waals surface area (Å²) in [6, 6.07) is 6.65. The van der Waals surface area contributed by atoms with Crippen LogP contribution >= 0.6 is 15.9 Å². The van der Waals surface area contributed by atoms with Crippen LogP contribution in [0.15, 0.2) is 24.3 Å². The molecule has 0 fully saturated rings. The number of rotatable bonds is 8. The van der Waals surface area contributed by atoms with Crippen molar-refractivity contribution in [3.63, 3.8) is 0 Å². The van der Waals surface area contributed by atoms with Gasteiger partial charge in [0.1, 0.15) is 5.75 Å². The van der Waals surface area contributed by atoms with Crippen molar-refractivity contribution in [2.75, 3.05) is 31.3 Å². The van der Waals surface area contributed by atoms with E-state index in [1.54, 1.807) is 24.3 Å². The minimum atomic E-state index is -3.35. The Morgan fingerprint density at radius 2 is 2.10 bits per heavy atom. The highest BCUT2D eigenvalue weighted by atomic mass is 79.9. The summed E-state index contributed by atoms with van der Waals surface area (Å²) in [7, 11) is -1.84. The highest BCUT2D eigenvalue weighted by Crippen LogP contribution is 2.12.